The summed E-state index contributed by atoms with van der Waals surface area (Å²) < 4.78 is 15.3. The Hall–Kier alpha value is -4.53. The fourth-order valence-corrected chi connectivity index (χ4v) is 6.72. The van der Waals surface area contributed by atoms with E-state index < -0.39 is 54.1 Å². The summed E-state index contributed by atoms with van der Waals surface area (Å²) in [5.74, 6) is -3.56. The van der Waals surface area contributed by atoms with E-state index in [0.717, 1.165) is 38.5 Å². The summed E-state index contributed by atoms with van der Waals surface area (Å²) in [6.07, 6.45) is 8.31. The lowest BCUT2D eigenvalue weighted by atomic mass is 9.83. The van der Waals surface area contributed by atoms with Gasteiger partial charge >= 0.3 is 5.97 Å². The molecule has 15 nitrogen and oxygen atoms in total. The van der Waals surface area contributed by atoms with E-state index in [4.69, 9.17) is 14.2 Å². The summed E-state index contributed by atoms with van der Waals surface area (Å²) >= 11 is 0. The number of amides is 4. The molecule has 52 heavy (non-hydrogen) atoms. The van der Waals surface area contributed by atoms with Gasteiger partial charge in [0.2, 0.25) is 23.5 Å². The second-order valence-electron chi connectivity index (χ2n) is 13.6. The fourth-order valence-electron chi connectivity index (χ4n) is 6.72. The zero-order valence-corrected chi connectivity index (χ0v) is 31.2. The Morgan fingerprint density at radius 1 is 1.00 bits per heavy atom. The zero-order valence-electron chi connectivity index (χ0n) is 31.2. The van der Waals surface area contributed by atoms with Gasteiger partial charge in [0.05, 0.1) is 20.3 Å². The van der Waals surface area contributed by atoms with E-state index in [0.29, 0.717) is 25.8 Å². The van der Waals surface area contributed by atoms with Crippen molar-refractivity contribution >= 4 is 35.4 Å². The molecule has 4 atom stereocenters. The van der Waals surface area contributed by atoms with Crippen molar-refractivity contribution in [2.75, 3.05) is 40.5 Å². The van der Waals surface area contributed by atoms with Crippen LogP contribution < -0.4 is 30.7 Å². The molecule has 2 fully saturated rings. The molecule has 0 spiro atoms. The third-order valence-electron chi connectivity index (χ3n) is 9.53. The van der Waals surface area contributed by atoms with Crippen molar-refractivity contribution < 1.29 is 43.0 Å². The van der Waals surface area contributed by atoms with Gasteiger partial charge in [-0.1, -0.05) is 59.1 Å². The lowest BCUT2D eigenvalue weighted by molar-refractivity contribution is -0.144. The number of esters is 1. The molecule has 4 N–H and O–H groups in total. The van der Waals surface area contributed by atoms with Crippen molar-refractivity contribution in [2.45, 2.75) is 103 Å². The first-order valence-electron chi connectivity index (χ1n) is 18.3. The average molecular weight is 729 g/mol. The Morgan fingerprint density at radius 2 is 1.73 bits per heavy atom. The number of Topliss-reactive ketones (excluding diaryl/α,β-unsaturated/α-hetero) is 1. The number of aromatic nitrogens is 1. The number of ketones is 1. The maximum Gasteiger partial charge on any atom is 0.325 e. The maximum absolute atomic E-state index is 14.4. The van der Waals surface area contributed by atoms with Gasteiger partial charge in [-0.05, 0) is 50.0 Å². The highest BCUT2D eigenvalue weighted by Crippen LogP contribution is 2.30. The van der Waals surface area contributed by atoms with Crippen LogP contribution >= 0.6 is 0 Å². The molecule has 0 radical (unpaired) electrons. The number of carbonyl (C=O) groups is 6. The van der Waals surface area contributed by atoms with Crippen molar-refractivity contribution in [1.29, 1.82) is 0 Å². The number of pyridine rings is 1. The minimum Gasteiger partial charge on any atom is -0.494 e. The number of hydrogen-bond donors (Lipinski definition) is 4. The van der Waals surface area contributed by atoms with Crippen LogP contribution in [-0.4, -0.2) is 110 Å². The molecule has 1 saturated carbocycles. The van der Waals surface area contributed by atoms with Gasteiger partial charge in [-0.3, -0.25) is 28.8 Å². The van der Waals surface area contributed by atoms with Gasteiger partial charge in [0.1, 0.15) is 31.0 Å². The first-order valence-corrected chi connectivity index (χ1v) is 18.3. The topological polar surface area (TPSA) is 194 Å². The Labute approximate surface area is 306 Å². The van der Waals surface area contributed by atoms with Crippen LogP contribution in [0.2, 0.25) is 0 Å². The van der Waals surface area contributed by atoms with Crippen LogP contribution in [0.1, 0.15) is 89.0 Å². The number of hydrogen-bond acceptors (Lipinski definition) is 11. The van der Waals surface area contributed by atoms with E-state index >= 15 is 0 Å². The molecule has 0 aromatic carbocycles. The van der Waals surface area contributed by atoms with Crippen LogP contribution in [0.3, 0.4) is 0 Å². The summed E-state index contributed by atoms with van der Waals surface area (Å²) in [4.78, 5) is 85.2. The Kier molecular flexibility index (Phi) is 17.0. The Balaban J connectivity index is 1.74. The molecular weight excluding hydrogens is 672 g/mol. The number of carbonyl (C=O) groups excluding carboxylic acids is 6. The first kappa shape index (κ1) is 41.9. The SMILES string of the molecule is C=CCOC(=O)CNC(=O)C(=O)C(CCC)NC[C@@H]1CCCN1C(=O)[C@@H](NC(=O)[C@@H](NC(=O)c1nc(OC)ccc1OC)C(C)C)C1CCCCC1. The van der Waals surface area contributed by atoms with Gasteiger partial charge in [-0.2, -0.15) is 0 Å². The molecule has 4 amide bonds. The molecule has 15 heteroatoms. The van der Waals surface area contributed by atoms with Crippen molar-refractivity contribution in [3.05, 3.63) is 30.5 Å². The molecule has 1 aromatic rings. The monoisotopic (exact) mass is 728 g/mol. The minimum absolute atomic E-state index is 0.00292. The molecule has 2 heterocycles. The van der Waals surface area contributed by atoms with Gasteiger partial charge in [0.15, 0.2) is 5.69 Å². The number of nitrogens with zero attached hydrogens (tertiary/aromatic N) is 2. The number of nitrogens with one attached hydrogen (secondary N) is 4. The van der Waals surface area contributed by atoms with Gasteiger partial charge < -0.3 is 40.4 Å². The molecule has 1 unspecified atom stereocenters. The van der Waals surface area contributed by atoms with Crippen molar-refractivity contribution in [2.24, 2.45) is 11.8 Å². The van der Waals surface area contributed by atoms with E-state index in [-0.39, 0.29) is 54.3 Å². The summed E-state index contributed by atoms with van der Waals surface area (Å²) in [7, 11) is 2.85. The van der Waals surface area contributed by atoms with Crippen molar-refractivity contribution in [3.8, 4) is 11.6 Å². The number of likely N-dealkylation sites (tertiary alicyclic amines) is 1. The summed E-state index contributed by atoms with van der Waals surface area (Å²) in [6.45, 7) is 9.28. The highest BCUT2D eigenvalue weighted by atomic mass is 16.5. The predicted molar refractivity (Wildman–Crippen MR) is 193 cm³/mol. The molecule has 288 valence electrons. The fraction of sp³-hybridized carbons (Fsp3) is 0.649. The third-order valence-corrected chi connectivity index (χ3v) is 9.53. The van der Waals surface area contributed by atoms with E-state index in [9.17, 15) is 28.8 Å². The van der Waals surface area contributed by atoms with Gasteiger partial charge in [0, 0.05) is 25.2 Å². The Bertz CT molecular complexity index is 1410. The van der Waals surface area contributed by atoms with E-state index in [1.807, 2.05) is 20.8 Å². The largest absolute Gasteiger partial charge is 0.494 e. The van der Waals surface area contributed by atoms with Crippen LogP contribution in [0.4, 0.5) is 0 Å². The van der Waals surface area contributed by atoms with E-state index in [1.54, 1.807) is 17.0 Å². The van der Waals surface area contributed by atoms with Crippen molar-refractivity contribution in [3.63, 3.8) is 0 Å². The maximum atomic E-state index is 14.4. The predicted octanol–water partition coefficient (Wildman–Crippen LogP) is 2.08. The minimum atomic E-state index is -0.976. The quantitative estimate of drug-likeness (QED) is 0.0873. The van der Waals surface area contributed by atoms with Gasteiger partial charge in [-0.15, -0.1) is 0 Å². The van der Waals surface area contributed by atoms with Gasteiger partial charge in [-0.25, -0.2) is 4.98 Å². The van der Waals surface area contributed by atoms with Crippen LogP contribution in [0.5, 0.6) is 11.6 Å². The normalized spacial score (nSPS) is 17.7. The Morgan fingerprint density at radius 3 is 2.37 bits per heavy atom. The molecule has 0 bridgehead atoms. The van der Waals surface area contributed by atoms with Gasteiger partial charge in [0.25, 0.3) is 11.8 Å². The molecule has 1 saturated heterocycles. The third kappa shape index (κ3) is 11.8. The van der Waals surface area contributed by atoms with Crippen LogP contribution in [0.25, 0.3) is 0 Å². The number of rotatable bonds is 20. The lowest BCUT2D eigenvalue weighted by Gasteiger charge is -2.36. The zero-order chi connectivity index (χ0) is 38.2. The van der Waals surface area contributed by atoms with Crippen LogP contribution in [0, 0.1) is 11.8 Å². The summed E-state index contributed by atoms with van der Waals surface area (Å²) in [6, 6.07) is 0.256. The lowest BCUT2D eigenvalue weighted by Crippen LogP contribution is -2.59. The van der Waals surface area contributed by atoms with E-state index in [1.165, 1.54) is 20.3 Å². The number of ether oxygens (including phenoxy) is 3. The first-order chi connectivity index (χ1) is 24.9. The summed E-state index contributed by atoms with van der Waals surface area (Å²) in [5, 5.41) is 11.4. The average Bonchev–Trinajstić information content (AvgIpc) is 3.63. The highest BCUT2D eigenvalue weighted by molar-refractivity contribution is 6.38. The van der Waals surface area contributed by atoms with Crippen LogP contribution in [0.15, 0.2) is 24.8 Å². The van der Waals surface area contributed by atoms with Crippen LogP contribution in [-0.2, 0) is 28.7 Å². The standard InChI is InChI=1S/C37H56N6O9/c1-7-13-26(33(45)36(48)39-22-29(44)52-20-8-2)38-21-25-16-12-19-43(25)37(49)31(24-14-10-9-11-15-24)42-34(46)30(23(3)4)41-35(47)32-27(50-5)17-18-28(40-32)51-6/h8,17-18,23-26,30-31,38H,2,7,9-16,19-22H2,1,3-6H3,(H,39,48)(H,41,47)(H,42,46)/t25-,26?,30-,31-/m0/s1. The number of methoxy groups -OCH3 is 2. The van der Waals surface area contributed by atoms with E-state index in [2.05, 4.69) is 32.8 Å². The molecule has 1 aliphatic carbocycles. The smallest absolute Gasteiger partial charge is 0.325 e. The molecule has 1 aromatic heterocycles. The highest BCUT2D eigenvalue weighted by Gasteiger charge is 2.40. The van der Waals surface area contributed by atoms with Crippen molar-refractivity contribution in [1.82, 2.24) is 31.2 Å². The molecular formula is C37H56N6O9. The molecule has 2 aliphatic rings. The summed E-state index contributed by atoms with van der Waals surface area (Å²) in [5.41, 5.74) is -0.0315. The second-order valence-corrected chi connectivity index (χ2v) is 13.6. The molecule has 3 rings (SSSR count). The second kappa shape index (κ2) is 21.1. The molecule has 1 aliphatic heterocycles.